The van der Waals surface area contributed by atoms with Crippen LogP contribution in [0.2, 0.25) is 10.0 Å². The van der Waals surface area contributed by atoms with Crippen molar-refractivity contribution >= 4 is 40.8 Å². The Kier molecular flexibility index (Phi) is 8.84. The van der Waals surface area contributed by atoms with Crippen molar-refractivity contribution in [1.82, 2.24) is 23.9 Å². The third-order valence-electron chi connectivity index (χ3n) is 10.4. The van der Waals surface area contributed by atoms with Crippen molar-refractivity contribution in [2.45, 2.75) is 42.9 Å². The molecule has 8 rings (SSSR count). The number of para-hydroxylation sites is 1. The maximum absolute atomic E-state index is 15.2. The predicted molar refractivity (Wildman–Crippen MR) is 190 cm³/mol. The van der Waals surface area contributed by atoms with Gasteiger partial charge in [0.2, 0.25) is 0 Å². The van der Waals surface area contributed by atoms with Crippen molar-refractivity contribution in [3.63, 3.8) is 0 Å². The number of anilines is 1. The molecule has 4 heterocycles. The van der Waals surface area contributed by atoms with E-state index in [0.717, 1.165) is 32.1 Å². The van der Waals surface area contributed by atoms with E-state index in [0.29, 0.717) is 17.3 Å². The topological polar surface area (TPSA) is 141 Å². The summed E-state index contributed by atoms with van der Waals surface area (Å²) in [6, 6.07) is 15.4. The van der Waals surface area contributed by atoms with E-state index in [-0.39, 0.29) is 40.4 Å². The highest BCUT2D eigenvalue weighted by Gasteiger charge is 2.69. The lowest BCUT2D eigenvalue weighted by atomic mass is 9.53. The average molecular weight is 834 g/mol. The van der Waals surface area contributed by atoms with Crippen LogP contribution in [-0.4, -0.2) is 47.2 Å². The summed E-state index contributed by atoms with van der Waals surface area (Å²) >= 11 is 12.4. The minimum atomic E-state index is -5.19. The van der Waals surface area contributed by atoms with E-state index in [1.165, 1.54) is 42.5 Å². The van der Waals surface area contributed by atoms with Gasteiger partial charge in [-0.1, -0.05) is 59.6 Å². The average Bonchev–Trinajstić information content (AvgIpc) is 3.53. The number of nitrogens with one attached hydrogen (secondary N) is 1. The molecule has 0 bridgehead atoms. The van der Waals surface area contributed by atoms with Crippen molar-refractivity contribution in [1.29, 1.82) is 0 Å². The zero-order chi connectivity index (χ0) is 40.8. The van der Waals surface area contributed by atoms with Gasteiger partial charge in [0.05, 0.1) is 40.2 Å². The molecule has 0 radical (unpaired) electrons. The van der Waals surface area contributed by atoms with Crippen LogP contribution in [0.4, 0.5) is 32.2 Å². The number of fused-ring (bicyclic) bond motifs is 4. The fourth-order valence-corrected chi connectivity index (χ4v) is 8.48. The van der Waals surface area contributed by atoms with Gasteiger partial charge in [-0.05, 0) is 66.1 Å². The first kappa shape index (κ1) is 37.9. The summed E-state index contributed by atoms with van der Waals surface area (Å²) in [5.41, 5.74) is -2.41. The number of hydrogen-bond donors (Lipinski definition) is 2. The molecule has 0 spiro atoms. The molecule has 12 nitrogen and oxygen atoms in total. The maximum atomic E-state index is 15.2. The number of carbonyl (C=O) groups excluding carboxylic acids is 2. The molecule has 5 aromatic rings. The van der Waals surface area contributed by atoms with Gasteiger partial charge in [-0.2, -0.15) is 18.2 Å². The first-order chi connectivity index (χ1) is 26.9. The molecule has 1 saturated heterocycles. The van der Waals surface area contributed by atoms with Crippen molar-refractivity contribution in [3.8, 4) is 17.2 Å². The third-order valence-corrected chi connectivity index (χ3v) is 10.9. The van der Waals surface area contributed by atoms with Gasteiger partial charge in [0, 0.05) is 22.7 Å². The summed E-state index contributed by atoms with van der Waals surface area (Å²) in [5, 5.41) is 11.5. The highest BCUT2D eigenvalue weighted by molar-refractivity contribution is 6.33. The van der Waals surface area contributed by atoms with Gasteiger partial charge in [-0.15, -0.1) is 13.2 Å². The Morgan fingerprint density at radius 3 is 2.25 bits per heavy atom. The van der Waals surface area contributed by atoms with Gasteiger partial charge in [0.25, 0.3) is 11.8 Å². The summed E-state index contributed by atoms with van der Waals surface area (Å²) in [4.78, 5) is 61.8. The second kappa shape index (κ2) is 13.3. The number of alkyl halides is 6. The molecule has 294 valence electrons. The highest BCUT2D eigenvalue weighted by Crippen LogP contribution is 2.63. The molecule has 3 aromatic carbocycles. The molecular weight excluding hydrogens is 809 g/mol. The second-order valence-electron chi connectivity index (χ2n) is 13.4. The minimum Gasteiger partial charge on any atom is -0.508 e. The van der Waals surface area contributed by atoms with Crippen molar-refractivity contribution in [3.05, 3.63) is 144 Å². The van der Waals surface area contributed by atoms with Crippen LogP contribution in [0.1, 0.15) is 35.1 Å². The Bertz CT molecular complexity index is 2620. The molecule has 2 fully saturated rings. The summed E-state index contributed by atoms with van der Waals surface area (Å²) in [6.07, 6.45) is -8.49. The molecule has 1 aliphatic carbocycles. The number of amides is 2. The number of hydrazine groups is 1. The number of benzene rings is 3. The molecule has 2 amide bonds. The van der Waals surface area contributed by atoms with Crippen molar-refractivity contribution in [2.75, 3.05) is 5.43 Å². The molecule has 4 atom stereocenters. The van der Waals surface area contributed by atoms with Crippen LogP contribution < -0.4 is 21.5 Å². The number of phenols is 1. The normalized spacial score (nSPS) is 21.8. The SMILES string of the molecule is O=C1C2CC3C(=CCn4c(=O)n(-c5ccccc5)c(=O)n43)C(c3cc(OC(F)(F)F)ccc3O)C2(c2ccc(Cl)cc2)C(=O)N1Nc1ncc(C(F)(F)F)cc1Cl. The lowest BCUT2D eigenvalue weighted by Crippen LogP contribution is -2.53. The number of carbonyl (C=O) groups is 2. The number of hydrogen-bond acceptors (Lipinski definition) is 8. The lowest BCUT2D eigenvalue weighted by Gasteiger charge is -2.49. The van der Waals surface area contributed by atoms with Gasteiger partial charge >= 0.3 is 23.9 Å². The van der Waals surface area contributed by atoms with E-state index >= 15 is 4.79 Å². The summed E-state index contributed by atoms with van der Waals surface area (Å²) in [6.45, 7) is -0.285. The second-order valence-corrected chi connectivity index (χ2v) is 14.2. The van der Waals surface area contributed by atoms with E-state index in [4.69, 9.17) is 23.2 Å². The highest BCUT2D eigenvalue weighted by atomic mass is 35.5. The van der Waals surface area contributed by atoms with E-state index in [9.17, 15) is 45.8 Å². The maximum Gasteiger partial charge on any atom is 0.573 e. The number of halogens is 8. The summed E-state index contributed by atoms with van der Waals surface area (Å²) in [5.74, 6) is -7.14. The Balaban J connectivity index is 1.38. The van der Waals surface area contributed by atoms with Gasteiger partial charge < -0.3 is 9.84 Å². The number of aromatic hydroxyl groups is 1. The molecule has 4 unspecified atom stereocenters. The molecule has 3 aliphatic rings. The van der Waals surface area contributed by atoms with Crippen LogP contribution in [0.25, 0.3) is 5.69 Å². The molecule has 57 heavy (non-hydrogen) atoms. The van der Waals surface area contributed by atoms with Crippen LogP contribution in [0, 0.1) is 5.92 Å². The fourth-order valence-electron chi connectivity index (χ4n) is 8.15. The van der Waals surface area contributed by atoms with Crippen molar-refractivity contribution in [2.24, 2.45) is 5.92 Å². The molecule has 1 saturated carbocycles. The van der Waals surface area contributed by atoms with Gasteiger partial charge in [0.1, 0.15) is 11.5 Å². The molecule has 20 heteroatoms. The standard InChI is InChI=1S/C37H24Cl2F6N6O6/c38-20-8-6-18(7-9-20)35-25(31(53)50(32(35)54)47-30-26(39)14-19(17-46-30)36(40,41)42)16-27-23(29(35)24-15-22(10-11-28(24)52)57-37(43,44)45)12-13-48-33(55)49(34(56)51(27)48)21-4-2-1-3-5-21/h1-12,14-15,17,25,27,29,52H,13,16H2,(H,46,47). The summed E-state index contributed by atoms with van der Waals surface area (Å²) in [7, 11) is 0. The molecule has 2 aromatic heterocycles. The van der Waals surface area contributed by atoms with Crippen LogP contribution in [0.15, 0.2) is 106 Å². The van der Waals surface area contributed by atoms with Crippen LogP contribution >= 0.6 is 23.2 Å². The van der Waals surface area contributed by atoms with Crippen LogP contribution in [0.3, 0.4) is 0 Å². The number of nitrogens with zero attached hydrogens (tertiary/aromatic N) is 5. The predicted octanol–water partition coefficient (Wildman–Crippen LogP) is 6.74. The van der Waals surface area contributed by atoms with Crippen LogP contribution in [-0.2, 0) is 27.7 Å². The van der Waals surface area contributed by atoms with Crippen LogP contribution in [0.5, 0.6) is 11.5 Å². The molecule has 2 N–H and O–H groups in total. The zero-order valence-corrected chi connectivity index (χ0v) is 30.1. The Morgan fingerprint density at radius 1 is 0.895 bits per heavy atom. The first-order valence-electron chi connectivity index (χ1n) is 16.8. The van der Waals surface area contributed by atoms with E-state index < -0.39 is 86.9 Å². The smallest absolute Gasteiger partial charge is 0.508 e. The fraction of sp³-hybridized carbons (Fsp3) is 0.216. The Labute approximate surface area is 325 Å². The van der Waals surface area contributed by atoms with Gasteiger partial charge in [-0.25, -0.2) is 28.5 Å². The Hall–Kier alpha value is -6.01. The van der Waals surface area contributed by atoms with Gasteiger partial charge in [-0.3, -0.25) is 15.0 Å². The summed E-state index contributed by atoms with van der Waals surface area (Å²) < 4.78 is 88.5. The minimum absolute atomic E-state index is 0.0917. The van der Waals surface area contributed by atoms with E-state index in [1.807, 2.05) is 0 Å². The molecule has 2 aliphatic heterocycles. The quantitative estimate of drug-likeness (QED) is 0.109. The number of imide groups is 1. The number of aromatic nitrogens is 4. The third kappa shape index (κ3) is 6.05. The van der Waals surface area contributed by atoms with E-state index in [2.05, 4.69) is 15.1 Å². The van der Waals surface area contributed by atoms with Gasteiger partial charge in [0.15, 0.2) is 5.82 Å². The van der Waals surface area contributed by atoms with E-state index in [1.54, 1.807) is 18.2 Å². The van der Waals surface area contributed by atoms with Crippen molar-refractivity contribution < 1.29 is 45.8 Å². The molecular formula is C37H24Cl2F6N6O6. The first-order valence-corrected chi connectivity index (χ1v) is 17.6. The number of pyridine rings is 1. The largest absolute Gasteiger partial charge is 0.573 e. The number of allylic oxidation sites excluding steroid dienone is 2. The number of rotatable bonds is 6. The number of ether oxygens (including phenoxy) is 1. The Morgan fingerprint density at radius 2 is 1.60 bits per heavy atom. The zero-order valence-electron chi connectivity index (χ0n) is 28.6. The number of phenolic OH excluding ortho intramolecular Hbond substituents is 1. The lowest BCUT2D eigenvalue weighted by molar-refractivity contribution is -0.274. The monoisotopic (exact) mass is 832 g/mol.